The van der Waals surface area contributed by atoms with Gasteiger partial charge in [-0.2, -0.15) is 0 Å². The molecule has 1 aromatic carbocycles. The van der Waals surface area contributed by atoms with Crippen LogP contribution in [-0.4, -0.2) is 85.2 Å². The minimum atomic E-state index is -0.590. The molecule has 9 nitrogen and oxygen atoms in total. The minimum Gasteiger partial charge on any atom is -0.463 e. The van der Waals surface area contributed by atoms with Crippen LogP contribution in [0, 0.1) is 13.8 Å². The first kappa shape index (κ1) is 25.6. The summed E-state index contributed by atoms with van der Waals surface area (Å²) in [5.41, 5.74) is 4.07. The quantitative estimate of drug-likeness (QED) is 0.622. The Labute approximate surface area is 202 Å². The highest BCUT2D eigenvalue weighted by Gasteiger charge is 2.38. The molecule has 2 N–H and O–H groups in total. The molecule has 0 bridgehead atoms. The van der Waals surface area contributed by atoms with Gasteiger partial charge >= 0.3 is 18.0 Å². The van der Waals surface area contributed by atoms with Crippen molar-refractivity contribution in [1.82, 2.24) is 25.3 Å². The molecule has 2 atom stereocenters. The van der Waals surface area contributed by atoms with Crippen LogP contribution in [0.25, 0.3) is 0 Å². The first-order valence-corrected chi connectivity index (χ1v) is 12.0. The molecule has 1 aromatic rings. The molecule has 186 valence electrons. The number of likely N-dealkylation sites (N-methyl/N-ethyl adjacent to an activating group) is 1. The number of carbonyl (C=O) groups is 3. The zero-order valence-corrected chi connectivity index (χ0v) is 21.1. The van der Waals surface area contributed by atoms with Crippen molar-refractivity contribution in [3.63, 3.8) is 0 Å². The van der Waals surface area contributed by atoms with E-state index in [2.05, 4.69) is 15.5 Å². The van der Waals surface area contributed by atoms with Gasteiger partial charge in [0.1, 0.15) is 0 Å². The lowest BCUT2D eigenvalue weighted by molar-refractivity contribution is -0.139. The predicted molar refractivity (Wildman–Crippen MR) is 130 cm³/mol. The summed E-state index contributed by atoms with van der Waals surface area (Å²) in [5.74, 6) is -0.427. The Morgan fingerprint density at radius 2 is 1.94 bits per heavy atom. The second-order valence-electron chi connectivity index (χ2n) is 9.00. The van der Waals surface area contributed by atoms with Crippen LogP contribution in [0.5, 0.6) is 0 Å². The fourth-order valence-corrected chi connectivity index (χ4v) is 4.72. The molecule has 1 fully saturated rings. The van der Waals surface area contributed by atoms with E-state index in [4.69, 9.17) is 4.74 Å². The maximum Gasteiger partial charge on any atom is 0.338 e. The molecule has 0 spiro atoms. The third kappa shape index (κ3) is 5.35. The van der Waals surface area contributed by atoms with Gasteiger partial charge in [0.25, 0.3) is 0 Å². The van der Waals surface area contributed by atoms with Gasteiger partial charge in [0.15, 0.2) is 0 Å². The SMILES string of the molecule is CCNC(=O)N1CCN(CC2=C(C(=O)OCC)[C@H](c3ccc(C)cc3C)NC(=O)N2C)C[C@H]1C. The fraction of sp³-hybridized carbons (Fsp3) is 0.560. The molecule has 1 saturated heterocycles. The lowest BCUT2D eigenvalue weighted by atomic mass is 9.90. The van der Waals surface area contributed by atoms with Crippen molar-refractivity contribution < 1.29 is 19.1 Å². The summed E-state index contributed by atoms with van der Waals surface area (Å²) in [6.07, 6.45) is 0. The van der Waals surface area contributed by atoms with Crippen molar-refractivity contribution in [1.29, 1.82) is 0 Å². The topological polar surface area (TPSA) is 94.2 Å². The number of piperazine rings is 1. The molecular weight excluding hydrogens is 434 g/mol. The van der Waals surface area contributed by atoms with E-state index in [1.807, 2.05) is 50.8 Å². The molecule has 2 aliphatic rings. The van der Waals surface area contributed by atoms with E-state index >= 15 is 0 Å². The highest BCUT2D eigenvalue weighted by Crippen LogP contribution is 2.33. The lowest BCUT2D eigenvalue weighted by Crippen LogP contribution is -2.57. The Hall–Kier alpha value is -3.07. The summed E-state index contributed by atoms with van der Waals surface area (Å²) in [4.78, 5) is 44.0. The zero-order chi connectivity index (χ0) is 25.0. The van der Waals surface area contributed by atoms with E-state index in [-0.39, 0.29) is 24.7 Å². The molecule has 34 heavy (non-hydrogen) atoms. The van der Waals surface area contributed by atoms with E-state index in [1.54, 1.807) is 14.0 Å². The van der Waals surface area contributed by atoms with Crippen molar-refractivity contribution in [3.05, 3.63) is 46.2 Å². The average molecular weight is 472 g/mol. The summed E-state index contributed by atoms with van der Waals surface area (Å²) in [6.45, 7) is 12.8. The molecule has 0 aromatic heterocycles. The number of hydrogen-bond acceptors (Lipinski definition) is 5. The monoisotopic (exact) mass is 471 g/mol. The molecule has 0 aliphatic carbocycles. The Morgan fingerprint density at radius 3 is 2.56 bits per heavy atom. The first-order chi connectivity index (χ1) is 16.2. The molecular formula is C25H37N5O4. The van der Waals surface area contributed by atoms with E-state index in [0.29, 0.717) is 44.0 Å². The number of nitrogens with zero attached hydrogens (tertiary/aromatic N) is 3. The first-order valence-electron chi connectivity index (χ1n) is 12.0. The van der Waals surface area contributed by atoms with Crippen LogP contribution in [0.15, 0.2) is 29.5 Å². The van der Waals surface area contributed by atoms with Crippen molar-refractivity contribution in [2.75, 3.05) is 46.4 Å². The average Bonchev–Trinajstić information content (AvgIpc) is 2.77. The van der Waals surface area contributed by atoms with Gasteiger partial charge in [0, 0.05) is 51.5 Å². The number of nitrogens with one attached hydrogen (secondary N) is 2. The van der Waals surface area contributed by atoms with Crippen molar-refractivity contribution in [2.24, 2.45) is 0 Å². The van der Waals surface area contributed by atoms with Crippen LogP contribution in [-0.2, 0) is 9.53 Å². The summed E-state index contributed by atoms with van der Waals surface area (Å²) in [7, 11) is 1.68. The van der Waals surface area contributed by atoms with Crippen LogP contribution in [0.4, 0.5) is 9.59 Å². The minimum absolute atomic E-state index is 0.00445. The van der Waals surface area contributed by atoms with Gasteiger partial charge in [0.05, 0.1) is 18.2 Å². The number of carbonyl (C=O) groups excluding carboxylic acids is 3. The standard InChI is InChI=1S/C25H37N5O4/c1-7-26-24(32)30-12-11-29(14-18(30)5)15-20-21(23(31)34-8-2)22(27-25(33)28(20)6)19-10-9-16(3)13-17(19)4/h9-10,13,18,22H,7-8,11-12,14-15H2,1-6H3,(H,26,32)(H,27,33)/t18-,22+/m1/s1. The molecule has 0 saturated carbocycles. The van der Waals surface area contributed by atoms with Crippen LogP contribution in [0.1, 0.15) is 43.5 Å². The summed E-state index contributed by atoms with van der Waals surface area (Å²) in [6, 6.07) is 5.08. The van der Waals surface area contributed by atoms with E-state index in [1.165, 1.54) is 4.90 Å². The predicted octanol–water partition coefficient (Wildman–Crippen LogP) is 2.55. The maximum absolute atomic E-state index is 13.2. The summed E-state index contributed by atoms with van der Waals surface area (Å²) < 4.78 is 5.44. The number of rotatable bonds is 6. The van der Waals surface area contributed by atoms with Gasteiger partial charge in [-0.25, -0.2) is 14.4 Å². The van der Waals surface area contributed by atoms with Crippen LogP contribution < -0.4 is 10.6 Å². The van der Waals surface area contributed by atoms with Gasteiger partial charge in [-0.15, -0.1) is 0 Å². The highest BCUT2D eigenvalue weighted by atomic mass is 16.5. The lowest BCUT2D eigenvalue weighted by Gasteiger charge is -2.42. The van der Waals surface area contributed by atoms with Crippen LogP contribution >= 0.6 is 0 Å². The molecule has 0 unspecified atom stereocenters. The smallest absolute Gasteiger partial charge is 0.338 e. The fourth-order valence-electron chi connectivity index (χ4n) is 4.72. The Kier molecular flexibility index (Phi) is 8.19. The largest absolute Gasteiger partial charge is 0.463 e. The molecule has 4 amide bonds. The van der Waals surface area contributed by atoms with Gasteiger partial charge in [0.2, 0.25) is 0 Å². The van der Waals surface area contributed by atoms with Crippen molar-refractivity contribution in [3.8, 4) is 0 Å². The normalized spacial score (nSPS) is 21.4. The summed E-state index contributed by atoms with van der Waals surface area (Å²) >= 11 is 0. The van der Waals surface area contributed by atoms with E-state index in [0.717, 1.165) is 16.7 Å². The number of urea groups is 2. The number of ether oxygens (including phenoxy) is 1. The molecule has 0 radical (unpaired) electrons. The third-order valence-electron chi connectivity index (χ3n) is 6.48. The van der Waals surface area contributed by atoms with Gasteiger partial charge in [-0.1, -0.05) is 23.8 Å². The van der Waals surface area contributed by atoms with Gasteiger partial charge < -0.3 is 20.3 Å². The van der Waals surface area contributed by atoms with E-state index < -0.39 is 12.0 Å². The van der Waals surface area contributed by atoms with Gasteiger partial charge in [-0.3, -0.25) is 9.80 Å². The number of hydrogen-bond donors (Lipinski definition) is 2. The number of aryl methyl sites for hydroxylation is 2. The number of esters is 1. The molecule has 2 heterocycles. The summed E-state index contributed by atoms with van der Waals surface area (Å²) in [5, 5.41) is 5.85. The van der Waals surface area contributed by atoms with Crippen molar-refractivity contribution in [2.45, 2.75) is 46.7 Å². The Balaban J connectivity index is 1.96. The van der Waals surface area contributed by atoms with Crippen LogP contribution in [0.3, 0.4) is 0 Å². The van der Waals surface area contributed by atoms with Crippen LogP contribution in [0.2, 0.25) is 0 Å². The second kappa shape index (κ2) is 10.9. The zero-order valence-electron chi connectivity index (χ0n) is 21.1. The highest BCUT2D eigenvalue weighted by molar-refractivity contribution is 5.95. The van der Waals surface area contributed by atoms with Crippen molar-refractivity contribution >= 4 is 18.0 Å². The Morgan fingerprint density at radius 1 is 1.21 bits per heavy atom. The Bertz CT molecular complexity index is 976. The number of amides is 4. The third-order valence-corrected chi connectivity index (χ3v) is 6.48. The maximum atomic E-state index is 13.2. The van der Waals surface area contributed by atoms with Gasteiger partial charge in [-0.05, 0) is 45.7 Å². The molecule has 9 heteroatoms. The van der Waals surface area contributed by atoms with E-state index in [9.17, 15) is 14.4 Å². The second-order valence-corrected chi connectivity index (χ2v) is 9.00. The molecule has 2 aliphatic heterocycles. The molecule has 3 rings (SSSR count). The number of benzene rings is 1.